The van der Waals surface area contributed by atoms with Crippen LogP contribution in [0.25, 0.3) is 0 Å². The number of hydrogen-bond donors (Lipinski definition) is 2. The van der Waals surface area contributed by atoms with Crippen LogP contribution in [0, 0.1) is 6.92 Å². The van der Waals surface area contributed by atoms with Crippen molar-refractivity contribution < 1.29 is 5.11 Å². The van der Waals surface area contributed by atoms with Crippen molar-refractivity contribution in [2.75, 3.05) is 0 Å². The first-order chi connectivity index (χ1) is 9.61. The lowest BCUT2D eigenvalue weighted by Gasteiger charge is -2.17. The van der Waals surface area contributed by atoms with Gasteiger partial charge < -0.3 is 10.4 Å². The van der Waals surface area contributed by atoms with E-state index in [2.05, 4.69) is 43.4 Å². The Kier molecular flexibility index (Phi) is 4.80. The van der Waals surface area contributed by atoms with Gasteiger partial charge in [-0.3, -0.25) is 0 Å². The molecular weight excluding hydrogens is 246 g/mol. The lowest BCUT2D eigenvalue weighted by molar-refractivity contribution is 0.452. The Bertz CT molecular complexity index is 577. The zero-order valence-corrected chi connectivity index (χ0v) is 12.5. The second kappa shape index (κ2) is 6.58. The second-order valence-electron chi connectivity index (χ2n) is 5.29. The topological polar surface area (TPSA) is 32.3 Å². The normalized spacial score (nSPS) is 12.3. The van der Waals surface area contributed by atoms with Crippen LogP contribution in [-0.4, -0.2) is 5.11 Å². The Morgan fingerprint density at radius 1 is 1.10 bits per heavy atom. The molecule has 1 atom stereocenters. The SMILES string of the molecule is CCc1ccccc1CNC(C)c1cc(C)ccc1O. The van der Waals surface area contributed by atoms with Gasteiger partial charge in [-0.15, -0.1) is 0 Å². The standard InChI is InChI=1S/C18H23NO/c1-4-15-7-5-6-8-16(15)12-19-14(3)17-11-13(2)9-10-18(17)20/h5-11,14,19-20H,4,12H2,1-3H3. The average Bonchev–Trinajstić information content (AvgIpc) is 2.47. The highest BCUT2D eigenvalue weighted by molar-refractivity contribution is 5.38. The van der Waals surface area contributed by atoms with Gasteiger partial charge >= 0.3 is 0 Å². The first-order valence-electron chi connectivity index (χ1n) is 7.21. The molecule has 0 heterocycles. The first kappa shape index (κ1) is 14.6. The predicted molar refractivity (Wildman–Crippen MR) is 83.9 cm³/mol. The van der Waals surface area contributed by atoms with Gasteiger partial charge in [-0.1, -0.05) is 48.9 Å². The summed E-state index contributed by atoms with van der Waals surface area (Å²) in [7, 11) is 0. The first-order valence-corrected chi connectivity index (χ1v) is 7.21. The molecule has 0 bridgehead atoms. The summed E-state index contributed by atoms with van der Waals surface area (Å²) in [5.74, 6) is 0.361. The molecule has 20 heavy (non-hydrogen) atoms. The molecule has 2 heteroatoms. The molecule has 0 saturated heterocycles. The summed E-state index contributed by atoms with van der Waals surface area (Å²) in [6.07, 6.45) is 1.04. The van der Waals surface area contributed by atoms with E-state index in [-0.39, 0.29) is 6.04 Å². The molecule has 0 aliphatic rings. The molecular formula is C18H23NO. The summed E-state index contributed by atoms with van der Waals surface area (Å²) in [4.78, 5) is 0. The van der Waals surface area contributed by atoms with Gasteiger partial charge in [0.15, 0.2) is 0 Å². The average molecular weight is 269 g/mol. The van der Waals surface area contributed by atoms with Crippen LogP contribution in [0.4, 0.5) is 0 Å². The minimum absolute atomic E-state index is 0.125. The molecule has 0 amide bonds. The maximum Gasteiger partial charge on any atom is 0.120 e. The van der Waals surface area contributed by atoms with Crippen LogP contribution in [0.1, 0.15) is 42.1 Å². The number of hydrogen-bond acceptors (Lipinski definition) is 2. The van der Waals surface area contributed by atoms with E-state index < -0.39 is 0 Å². The molecule has 0 saturated carbocycles. The number of nitrogens with one attached hydrogen (secondary N) is 1. The molecule has 2 N–H and O–H groups in total. The zero-order chi connectivity index (χ0) is 14.5. The van der Waals surface area contributed by atoms with Crippen LogP contribution < -0.4 is 5.32 Å². The van der Waals surface area contributed by atoms with E-state index in [1.807, 2.05) is 19.1 Å². The highest BCUT2D eigenvalue weighted by Gasteiger charge is 2.10. The fourth-order valence-corrected chi connectivity index (χ4v) is 2.47. The molecule has 2 nitrogen and oxygen atoms in total. The lowest BCUT2D eigenvalue weighted by atomic mass is 10.0. The Balaban J connectivity index is 2.08. The fraction of sp³-hybridized carbons (Fsp3) is 0.333. The fourth-order valence-electron chi connectivity index (χ4n) is 2.47. The number of rotatable bonds is 5. The van der Waals surface area contributed by atoms with Crippen molar-refractivity contribution in [1.82, 2.24) is 5.32 Å². The Labute approximate surface area is 121 Å². The Morgan fingerprint density at radius 3 is 2.50 bits per heavy atom. The third kappa shape index (κ3) is 3.40. The molecule has 0 fully saturated rings. The van der Waals surface area contributed by atoms with Gasteiger partial charge in [0.1, 0.15) is 5.75 Å². The smallest absolute Gasteiger partial charge is 0.120 e. The predicted octanol–water partition coefficient (Wildman–Crippen LogP) is 4.11. The van der Waals surface area contributed by atoms with Gasteiger partial charge in [0, 0.05) is 18.2 Å². The molecule has 0 aromatic heterocycles. The highest BCUT2D eigenvalue weighted by atomic mass is 16.3. The number of phenols is 1. The molecule has 2 aromatic rings. The van der Waals surface area contributed by atoms with Crippen molar-refractivity contribution in [3.05, 3.63) is 64.7 Å². The van der Waals surface area contributed by atoms with E-state index in [0.29, 0.717) is 5.75 Å². The molecule has 0 aliphatic heterocycles. The van der Waals surface area contributed by atoms with Crippen molar-refractivity contribution >= 4 is 0 Å². The van der Waals surface area contributed by atoms with Crippen molar-refractivity contribution in [3.8, 4) is 5.75 Å². The van der Waals surface area contributed by atoms with Gasteiger partial charge in [-0.2, -0.15) is 0 Å². The molecule has 1 unspecified atom stereocenters. The second-order valence-corrected chi connectivity index (χ2v) is 5.29. The van der Waals surface area contributed by atoms with Gasteiger partial charge in [0.05, 0.1) is 0 Å². The highest BCUT2D eigenvalue weighted by Crippen LogP contribution is 2.25. The number of aryl methyl sites for hydroxylation is 2. The largest absolute Gasteiger partial charge is 0.508 e. The van der Waals surface area contributed by atoms with Gasteiger partial charge in [0.25, 0.3) is 0 Å². The lowest BCUT2D eigenvalue weighted by Crippen LogP contribution is -2.19. The van der Waals surface area contributed by atoms with E-state index in [4.69, 9.17) is 0 Å². The number of aromatic hydroxyl groups is 1. The van der Waals surface area contributed by atoms with Crippen LogP contribution in [-0.2, 0) is 13.0 Å². The monoisotopic (exact) mass is 269 g/mol. The minimum Gasteiger partial charge on any atom is -0.508 e. The summed E-state index contributed by atoms with van der Waals surface area (Å²) in [5.41, 5.74) is 4.83. The van der Waals surface area contributed by atoms with E-state index in [1.165, 1.54) is 16.7 Å². The van der Waals surface area contributed by atoms with E-state index in [0.717, 1.165) is 18.5 Å². The van der Waals surface area contributed by atoms with Gasteiger partial charge in [-0.05, 0) is 37.5 Å². The van der Waals surface area contributed by atoms with E-state index in [9.17, 15) is 5.11 Å². The summed E-state index contributed by atoms with van der Waals surface area (Å²) < 4.78 is 0. The molecule has 0 aliphatic carbocycles. The van der Waals surface area contributed by atoms with Crippen LogP contribution >= 0.6 is 0 Å². The van der Waals surface area contributed by atoms with Gasteiger partial charge in [0.2, 0.25) is 0 Å². The molecule has 2 rings (SSSR count). The van der Waals surface area contributed by atoms with Crippen molar-refractivity contribution in [2.45, 2.75) is 39.8 Å². The van der Waals surface area contributed by atoms with Crippen molar-refractivity contribution in [3.63, 3.8) is 0 Å². The molecule has 2 aromatic carbocycles. The summed E-state index contributed by atoms with van der Waals surface area (Å²) >= 11 is 0. The molecule has 106 valence electrons. The quantitative estimate of drug-likeness (QED) is 0.856. The van der Waals surface area contributed by atoms with Crippen molar-refractivity contribution in [1.29, 1.82) is 0 Å². The van der Waals surface area contributed by atoms with Crippen LogP contribution in [0.5, 0.6) is 5.75 Å². The van der Waals surface area contributed by atoms with Crippen LogP contribution in [0.3, 0.4) is 0 Å². The van der Waals surface area contributed by atoms with Crippen molar-refractivity contribution in [2.24, 2.45) is 0 Å². The summed E-state index contributed by atoms with van der Waals surface area (Å²) in [6, 6.07) is 14.4. The maximum absolute atomic E-state index is 9.96. The third-order valence-electron chi connectivity index (χ3n) is 3.75. The van der Waals surface area contributed by atoms with Crippen LogP contribution in [0.15, 0.2) is 42.5 Å². The summed E-state index contributed by atoms with van der Waals surface area (Å²) in [6.45, 7) is 7.12. The minimum atomic E-state index is 0.125. The van der Waals surface area contributed by atoms with Crippen LogP contribution in [0.2, 0.25) is 0 Å². The number of phenolic OH excluding ortho intramolecular Hbond substituents is 1. The molecule has 0 radical (unpaired) electrons. The molecule has 0 spiro atoms. The zero-order valence-electron chi connectivity index (χ0n) is 12.5. The summed E-state index contributed by atoms with van der Waals surface area (Å²) in [5, 5.41) is 13.5. The maximum atomic E-state index is 9.96. The third-order valence-corrected chi connectivity index (χ3v) is 3.75. The van der Waals surface area contributed by atoms with E-state index in [1.54, 1.807) is 6.07 Å². The van der Waals surface area contributed by atoms with Gasteiger partial charge in [-0.25, -0.2) is 0 Å². The Hall–Kier alpha value is -1.80. The number of benzene rings is 2. The Morgan fingerprint density at radius 2 is 1.80 bits per heavy atom. The van der Waals surface area contributed by atoms with E-state index >= 15 is 0 Å².